The zero-order valence-corrected chi connectivity index (χ0v) is 9.91. The van der Waals surface area contributed by atoms with Gasteiger partial charge in [0.1, 0.15) is 5.56 Å². The molecule has 1 heterocycles. The first-order valence-electron chi connectivity index (χ1n) is 5.21. The number of hydrogen-bond acceptors (Lipinski definition) is 4. The second kappa shape index (κ2) is 5.50. The molecule has 0 saturated carbocycles. The van der Waals surface area contributed by atoms with E-state index < -0.39 is 0 Å². The lowest BCUT2D eigenvalue weighted by Crippen LogP contribution is -2.30. The molecule has 6 heteroatoms. The summed E-state index contributed by atoms with van der Waals surface area (Å²) in [5.41, 5.74) is 6.74. The third kappa shape index (κ3) is 2.73. The first-order valence-corrected chi connectivity index (χ1v) is 5.21. The number of H-pyrrole nitrogens is 1. The van der Waals surface area contributed by atoms with E-state index in [4.69, 9.17) is 10.5 Å². The predicted molar refractivity (Wildman–Crippen MR) is 61.2 cm³/mol. The molecule has 0 fully saturated rings. The predicted octanol–water partition coefficient (Wildman–Crippen LogP) is 0.409. The molecule has 0 aliphatic rings. The van der Waals surface area contributed by atoms with Gasteiger partial charge in [-0.1, -0.05) is 0 Å². The van der Waals surface area contributed by atoms with Crippen LogP contribution in [0.25, 0.3) is 0 Å². The molecular weight excluding hydrogens is 208 g/mol. The summed E-state index contributed by atoms with van der Waals surface area (Å²) in [5.74, 6) is 0.106. The van der Waals surface area contributed by atoms with Crippen molar-refractivity contribution < 1.29 is 9.53 Å². The van der Waals surface area contributed by atoms with Crippen LogP contribution in [-0.2, 0) is 4.74 Å². The van der Waals surface area contributed by atoms with Crippen LogP contribution < -0.4 is 5.73 Å². The molecule has 1 aromatic heterocycles. The van der Waals surface area contributed by atoms with Crippen molar-refractivity contribution >= 4 is 11.7 Å². The number of carbonyl (C=O) groups excluding carboxylic acids is 1. The molecule has 0 bridgehead atoms. The number of rotatable bonds is 5. The summed E-state index contributed by atoms with van der Waals surface area (Å²) in [6.45, 7) is 5.40. The molecule has 3 N–H and O–H groups in total. The monoisotopic (exact) mass is 226 g/mol. The van der Waals surface area contributed by atoms with Crippen LogP contribution in [0.5, 0.6) is 0 Å². The molecule has 16 heavy (non-hydrogen) atoms. The quantitative estimate of drug-likeness (QED) is 0.712. The van der Waals surface area contributed by atoms with E-state index in [-0.39, 0.29) is 11.7 Å². The minimum absolute atomic E-state index is 0.136. The Morgan fingerprint density at radius 1 is 1.62 bits per heavy atom. The average molecular weight is 226 g/mol. The molecule has 6 nitrogen and oxygen atoms in total. The number of likely N-dealkylation sites (N-methyl/N-ethyl adjacent to an activating group) is 1. The number of aryl methyl sites for hydroxylation is 1. The summed E-state index contributed by atoms with van der Waals surface area (Å²) in [7, 11) is 1.72. The lowest BCUT2D eigenvalue weighted by molar-refractivity contribution is 0.0710. The SMILES string of the molecule is CCOCCN(C)C(=O)c1c(N)n[nH]c1C. The van der Waals surface area contributed by atoms with Crippen molar-refractivity contribution in [3.05, 3.63) is 11.3 Å². The highest BCUT2D eigenvalue weighted by Gasteiger charge is 2.19. The molecule has 0 aliphatic carbocycles. The van der Waals surface area contributed by atoms with Crippen LogP contribution >= 0.6 is 0 Å². The minimum atomic E-state index is -0.136. The zero-order chi connectivity index (χ0) is 12.1. The van der Waals surface area contributed by atoms with Gasteiger partial charge in [0, 0.05) is 25.9 Å². The van der Waals surface area contributed by atoms with Gasteiger partial charge in [0.15, 0.2) is 5.82 Å². The van der Waals surface area contributed by atoms with E-state index in [9.17, 15) is 4.79 Å². The van der Waals surface area contributed by atoms with E-state index in [1.54, 1.807) is 18.9 Å². The highest BCUT2D eigenvalue weighted by molar-refractivity contribution is 5.99. The van der Waals surface area contributed by atoms with Crippen molar-refractivity contribution in [2.45, 2.75) is 13.8 Å². The maximum absolute atomic E-state index is 12.0. The van der Waals surface area contributed by atoms with E-state index in [0.717, 1.165) is 0 Å². The van der Waals surface area contributed by atoms with Crippen LogP contribution in [0.2, 0.25) is 0 Å². The van der Waals surface area contributed by atoms with Gasteiger partial charge in [-0.25, -0.2) is 0 Å². The Bertz CT molecular complexity index is 342. The molecule has 90 valence electrons. The summed E-state index contributed by atoms with van der Waals surface area (Å²) in [4.78, 5) is 13.5. The van der Waals surface area contributed by atoms with Crippen LogP contribution in [0.3, 0.4) is 0 Å². The Kier molecular flexibility index (Phi) is 4.30. The van der Waals surface area contributed by atoms with Gasteiger partial charge < -0.3 is 15.4 Å². The molecule has 1 aromatic rings. The minimum Gasteiger partial charge on any atom is -0.382 e. The number of ether oxygens (including phenoxy) is 1. The Balaban J connectivity index is 2.63. The smallest absolute Gasteiger partial charge is 0.259 e. The number of nitrogens with one attached hydrogen (secondary N) is 1. The van der Waals surface area contributed by atoms with Crippen molar-refractivity contribution in [3.8, 4) is 0 Å². The highest BCUT2D eigenvalue weighted by Crippen LogP contribution is 2.14. The lowest BCUT2D eigenvalue weighted by Gasteiger charge is -2.16. The normalized spacial score (nSPS) is 10.4. The molecule has 0 spiro atoms. The van der Waals surface area contributed by atoms with Gasteiger partial charge in [0.2, 0.25) is 0 Å². The van der Waals surface area contributed by atoms with Gasteiger partial charge in [-0.3, -0.25) is 9.89 Å². The number of nitrogens with zero attached hydrogens (tertiary/aromatic N) is 2. The number of carbonyl (C=O) groups is 1. The Hall–Kier alpha value is -1.56. The first kappa shape index (κ1) is 12.5. The first-order chi connectivity index (χ1) is 7.57. The fraction of sp³-hybridized carbons (Fsp3) is 0.600. The number of nitrogens with two attached hydrogens (primary N) is 1. The lowest BCUT2D eigenvalue weighted by atomic mass is 10.2. The van der Waals surface area contributed by atoms with Crippen molar-refractivity contribution in [2.75, 3.05) is 32.5 Å². The van der Waals surface area contributed by atoms with Gasteiger partial charge >= 0.3 is 0 Å². The van der Waals surface area contributed by atoms with Gasteiger partial charge in [0.05, 0.1) is 6.61 Å². The van der Waals surface area contributed by atoms with Crippen LogP contribution in [0.1, 0.15) is 23.0 Å². The van der Waals surface area contributed by atoms with Gasteiger partial charge in [-0.05, 0) is 13.8 Å². The number of aromatic amines is 1. The molecule has 0 aromatic carbocycles. The summed E-state index contributed by atoms with van der Waals surface area (Å²) in [6, 6.07) is 0. The molecular formula is C10H18N4O2. The van der Waals surface area contributed by atoms with Crippen LogP contribution in [-0.4, -0.2) is 47.8 Å². The standard InChI is InChI=1S/C10H18N4O2/c1-4-16-6-5-14(3)10(15)8-7(2)12-13-9(8)11/h4-6H2,1-3H3,(H3,11,12,13). The van der Waals surface area contributed by atoms with Gasteiger partial charge in [-0.15, -0.1) is 0 Å². The zero-order valence-electron chi connectivity index (χ0n) is 9.91. The fourth-order valence-electron chi connectivity index (χ4n) is 1.36. The largest absolute Gasteiger partial charge is 0.382 e. The molecule has 0 radical (unpaired) electrons. The highest BCUT2D eigenvalue weighted by atomic mass is 16.5. The van der Waals surface area contributed by atoms with Crippen molar-refractivity contribution in [2.24, 2.45) is 0 Å². The molecule has 0 aliphatic heterocycles. The second-order valence-electron chi connectivity index (χ2n) is 3.53. The van der Waals surface area contributed by atoms with Crippen molar-refractivity contribution in [1.82, 2.24) is 15.1 Å². The summed E-state index contributed by atoms with van der Waals surface area (Å²) < 4.78 is 5.18. The summed E-state index contributed by atoms with van der Waals surface area (Å²) in [5, 5.41) is 6.48. The van der Waals surface area contributed by atoms with E-state index in [1.807, 2.05) is 6.92 Å². The number of amides is 1. The van der Waals surface area contributed by atoms with Crippen LogP contribution in [0.4, 0.5) is 5.82 Å². The Labute approximate surface area is 94.8 Å². The third-order valence-corrected chi connectivity index (χ3v) is 2.31. The van der Waals surface area contributed by atoms with Crippen LogP contribution in [0.15, 0.2) is 0 Å². The number of hydrogen-bond donors (Lipinski definition) is 2. The maximum Gasteiger partial charge on any atom is 0.259 e. The molecule has 1 amide bonds. The molecule has 1 rings (SSSR count). The van der Waals surface area contributed by atoms with E-state index in [1.165, 1.54) is 0 Å². The maximum atomic E-state index is 12.0. The Morgan fingerprint density at radius 3 is 2.81 bits per heavy atom. The molecule has 0 saturated heterocycles. The van der Waals surface area contributed by atoms with E-state index >= 15 is 0 Å². The third-order valence-electron chi connectivity index (χ3n) is 2.31. The number of aromatic nitrogens is 2. The topological polar surface area (TPSA) is 84.2 Å². The fourth-order valence-corrected chi connectivity index (χ4v) is 1.36. The van der Waals surface area contributed by atoms with E-state index in [0.29, 0.717) is 31.0 Å². The van der Waals surface area contributed by atoms with Crippen molar-refractivity contribution in [3.63, 3.8) is 0 Å². The summed E-state index contributed by atoms with van der Waals surface area (Å²) >= 11 is 0. The average Bonchev–Trinajstić information content (AvgIpc) is 2.58. The van der Waals surface area contributed by atoms with Crippen molar-refractivity contribution in [1.29, 1.82) is 0 Å². The second-order valence-corrected chi connectivity index (χ2v) is 3.53. The van der Waals surface area contributed by atoms with Gasteiger partial charge in [0.25, 0.3) is 5.91 Å². The summed E-state index contributed by atoms with van der Waals surface area (Å²) in [6.07, 6.45) is 0. The number of anilines is 1. The molecule has 0 unspecified atom stereocenters. The number of nitrogen functional groups attached to an aromatic ring is 1. The Morgan fingerprint density at radius 2 is 2.31 bits per heavy atom. The molecule has 0 atom stereocenters. The van der Waals surface area contributed by atoms with Gasteiger partial charge in [-0.2, -0.15) is 5.10 Å². The van der Waals surface area contributed by atoms with Crippen LogP contribution in [0, 0.1) is 6.92 Å². The van der Waals surface area contributed by atoms with E-state index in [2.05, 4.69) is 10.2 Å².